The lowest BCUT2D eigenvalue weighted by Crippen LogP contribution is -2.65. The van der Waals surface area contributed by atoms with E-state index in [1.165, 1.54) is 0 Å². The first kappa shape index (κ1) is 21.8. The van der Waals surface area contributed by atoms with Crippen LogP contribution >= 0.6 is 0 Å². The summed E-state index contributed by atoms with van der Waals surface area (Å²) in [6, 6.07) is 2.91. The van der Waals surface area contributed by atoms with Crippen molar-refractivity contribution >= 4 is 11.7 Å². The van der Waals surface area contributed by atoms with Gasteiger partial charge in [-0.1, -0.05) is 13.8 Å². The van der Waals surface area contributed by atoms with Crippen LogP contribution in [0.2, 0.25) is 0 Å². The summed E-state index contributed by atoms with van der Waals surface area (Å²) in [5.41, 5.74) is -0.0792. The quantitative estimate of drug-likeness (QED) is 0.761. The highest BCUT2D eigenvalue weighted by atomic mass is 16.6. The maximum Gasteiger partial charge on any atom is 0.331 e. The molecule has 3 aliphatic carbocycles. The number of nitrogens with zero attached hydrogens (tertiary/aromatic N) is 2. The maximum atomic E-state index is 12.9. The number of hydrogen-bond acceptors (Lipinski definition) is 6. The molecule has 0 radical (unpaired) electrons. The largest absolute Gasteiger partial charge is 0.495 e. The molecule has 1 N–H and O–H groups in total. The standard InChI is InChI=1S/C23H34N2O4/c1-21(2,3)29-20(26)17(12-15-8-9-16(28-7)13-24-15)25-19-11-14-10-18(22(14,4)5)23(19,6)27/h8-9,13-14,17-18,27H,10-12H2,1-7H3/t14?,17-,18?,23+/m1/s1. The van der Waals surface area contributed by atoms with Gasteiger partial charge in [0.2, 0.25) is 0 Å². The van der Waals surface area contributed by atoms with Crippen molar-refractivity contribution in [3.05, 3.63) is 24.0 Å². The summed E-state index contributed by atoms with van der Waals surface area (Å²) in [6.07, 6.45) is 3.67. The van der Waals surface area contributed by atoms with Gasteiger partial charge < -0.3 is 14.6 Å². The molecular formula is C23H34N2O4. The number of ether oxygens (including phenoxy) is 2. The minimum atomic E-state index is -1.01. The number of aromatic nitrogens is 1. The third kappa shape index (κ3) is 4.32. The van der Waals surface area contributed by atoms with Gasteiger partial charge in [-0.25, -0.2) is 4.79 Å². The molecular weight excluding hydrogens is 368 g/mol. The van der Waals surface area contributed by atoms with Gasteiger partial charge in [0, 0.05) is 17.8 Å². The van der Waals surface area contributed by atoms with E-state index in [9.17, 15) is 9.90 Å². The van der Waals surface area contributed by atoms with Crippen LogP contribution in [-0.4, -0.2) is 46.1 Å². The molecule has 0 aromatic carbocycles. The van der Waals surface area contributed by atoms with Crippen LogP contribution in [-0.2, 0) is 16.0 Å². The molecule has 0 aliphatic heterocycles. The summed E-state index contributed by atoms with van der Waals surface area (Å²) < 4.78 is 10.8. The number of rotatable bonds is 5. The molecule has 2 bridgehead atoms. The second-order valence-corrected chi connectivity index (χ2v) is 10.2. The predicted octanol–water partition coefficient (Wildman–Crippen LogP) is 3.60. The molecule has 6 nitrogen and oxygen atoms in total. The average molecular weight is 403 g/mol. The molecule has 3 saturated carbocycles. The molecule has 4 atom stereocenters. The second kappa shape index (κ2) is 7.38. The molecule has 0 spiro atoms. The topological polar surface area (TPSA) is 81.0 Å². The first-order valence-corrected chi connectivity index (χ1v) is 10.4. The van der Waals surface area contributed by atoms with Gasteiger partial charge in [0.25, 0.3) is 0 Å². The van der Waals surface area contributed by atoms with Gasteiger partial charge in [-0.05, 0) is 69.9 Å². The first-order chi connectivity index (χ1) is 13.3. The van der Waals surface area contributed by atoms with Crippen molar-refractivity contribution in [2.24, 2.45) is 22.2 Å². The van der Waals surface area contributed by atoms with Gasteiger partial charge in [-0.3, -0.25) is 9.98 Å². The molecule has 29 heavy (non-hydrogen) atoms. The highest BCUT2D eigenvalue weighted by Gasteiger charge is 2.61. The summed E-state index contributed by atoms with van der Waals surface area (Å²) in [7, 11) is 1.59. The van der Waals surface area contributed by atoms with Gasteiger partial charge in [-0.2, -0.15) is 0 Å². The van der Waals surface area contributed by atoms with Gasteiger partial charge in [-0.15, -0.1) is 0 Å². The van der Waals surface area contributed by atoms with E-state index < -0.39 is 23.2 Å². The normalized spacial score (nSPS) is 30.4. The molecule has 1 heterocycles. The molecule has 2 unspecified atom stereocenters. The Labute approximate surface area is 173 Å². The number of carbonyl (C=O) groups is 1. The van der Waals surface area contributed by atoms with E-state index in [0.717, 1.165) is 12.1 Å². The number of aliphatic imine (C=N–C) groups is 1. The highest BCUT2D eigenvalue weighted by molar-refractivity contribution is 5.96. The number of esters is 1. The van der Waals surface area contributed by atoms with Crippen molar-refractivity contribution in [3.63, 3.8) is 0 Å². The van der Waals surface area contributed by atoms with E-state index in [0.29, 0.717) is 30.2 Å². The number of pyridine rings is 1. The first-order valence-electron chi connectivity index (χ1n) is 10.4. The molecule has 3 aliphatic rings. The summed E-state index contributed by atoms with van der Waals surface area (Å²) in [5.74, 6) is 0.916. The number of hydrogen-bond donors (Lipinski definition) is 1. The van der Waals surface area contributed by atoms with Crippen molar-refractivity contribution in [1.82, 2.24) is 4.98 Å². The molecule has 1 aromatic heterocycles. The van der Waals surface area contributed by atoms with E-state index in [1.807, 2.05) is 39.8 Å². The summed E-state index contributed by atoms with van der Waals surface area (Å²) >= 11 is 0. The summed E-state index contributed by atoms with van der Waals surface area (Å²) in [5, 5.41) is 11.3. The fraction of sp³-hybridized carbons (Fsp3) is 0.696. The van der Waals surface area contributed by atoms with Crippen LogP contribution in [0.25, 0.3) is 0 Å². The van der Waals surface area contributed by atoms with Gasteiger partial charge in [0.05, 0.1) is 13.3 Å². The SMILES string of the molecule is COc1ccc(C[C@@H](N=C2CC3CC(C3(C)C)[C@]2(C)O)C(=O)OC(C)(C)C)nc1. The highest BCUT2D eigenvalue weighted by Crippen LogP contribution is 2.61. The van der Waals surface area contributed by atoms with Crippen LogP contribution < -0.4 is 4.74 Å². The van der Waals surface area contributed by atoms with Crippen molar-refractivity contribution < 1.29 is 19.4 Å². The Morgan fingerprint density at radius 3 is 2.52 bits per heavy atom. The zero-order chi connectivity index (χ0) is 21.6. The van der Waals surface area contributed by atoms with E-state index in [2.05, 4.69) is 18.8 Å². The Hall–Kier alpha value is -1.95. The molecule has 0 saturated heterocycles. The van der Waals surface area contributed by atoms with Crippen LogP contribution in [0.5, 0.6) is 5.75 Å². The maximum absolute atomic E-state index is 12.9. The fourth-order valence-corrected chi connectivity index (χ4v) is 4.73. The van der Waals surface area contributed by atoms with Crippen LogP contribution in [0.1, 0.15) is 60.1 Å². The zero-order valence-electron chi connectivity index (χ0n) is 18.7. The minimum absolute atomic E-state index is 0.0987. The Balaban J connectivity index is 1.88. The minimum Gasteiger partial charge on any atom is -0.495 e. The monoisotopic (exact) mass is 402 g/mol. The Morgan fingerprint density at radius 2 is 2.03 bits per heavy atom. The molecule has 4 rings (SSSR count). The van der Waals surface area contributed by atoms with E-state index >= 15 is 0 Å². The lowest BCUT2D eigenvalue weighted by molar-refractivity contribution is -0.156. The number of methoxy groups -OCH3 is 1. The van der Waals surface area contributed by atoms with Crippen molar-refractivity contribution in [3.8, 4) is 5.75 Å². The fourth-order valence-electron chi connectivity index (χ4n) is 4.73. The molecule has 6 heteroatoms. The van der Waals surface area contributed by atoms with Gasteiger partial charge in [0.15, 0.2) is 6.04 Å². The molecule has 1 aromatic rings. The smallest absolute Gasteiger partial charge is 0.331 e. The number of carbonyl (C=O) groups excluding carboxylic acids is 1. The van der Waals surface area contributed by atoms with Crippen LogP contribution in [0, 0.1) is 17.3 Å². The number of fused-ring (bicyclic) bond motifs is 2. The molecule has 0 amide bonds. The molecule has 3 fully saturated rings. The van der Waals surface area contributed by atoms with Crippen molar-refractivity contribution in [2.45, 2.75) is 78.0 Å². The lowest BCUT2D eigenvalue weighted by atomic mass is 9.44. The summed E-state index contributed by atoms with van der Waals surface area (Å²) in [6.45, 7) is 11.8. The molecule has 160 valence electrons. The second-order valence-electron chi connectivity index (χ2n) is 10.2. The third-order valence-corrected chi connectivity index (χ3v) is 6.60. The third-order valence-electron chi connectivity index (χ3n) is 6.60. The van der Waals surface area contributed by atoms with Crippen LogP contribution in [0.3, 0.4) is 0 Å². The van der Waals surface area contributed by atoms with Crippen molar-refractivity contribution in [1.29, 1.82) is 0 Å². The number of aliphatic hydroxyl groups is 1. The van der Waals surface area contributed by atoms with Crippen LogP contribution in [0.4, 0.5) is 0 Å². The van der Waals surface area contributed by atoms with Gasteiger partial charge >= 0.3 is 5.97 Å². The van der Waals surface area contributed by atoms with Crippen molar-refractivity contribution in [2.75, 3.05) is 7.11 Å². The Bertz CT molecular complexity index is 790. The van der Waals surface area contributed by atoms with Crippen LogP contribution in [0.15, 0.2) is 23.3 Å². The van der Waals surface area contributed by atoms with E-state index in [-0.39, 0.29) is 11.3 Å². The predicted molar refractivity (Wildman–Crippen MR) is 112 cm³/mol. The average Bonchev–Trinajstić information content (AvgIpc) is 2.60. The van der Waals surface area contributed by atoms with E-state index in [1.54, 1.807) is 13.3 Å². The Kier molecular flexibility index (Phi) is 5.54. The Morgan fingerprint density at radius 1 is 1.34 bits per heavy atom. The zero-order valence-corrected chi connectivity index (χ0v) is 18.7. The lowest BCUT2D eigenvalue weighted by Gasteiger charge is -2.62. The summed E-state index contributed by atoms with van der Waals surface area (Å²) in [4.78, 5) is 22.1. The van der Waals surface area contributed by atoms with Gasteiger partial charge in [0.1, 0.15) is 17.0 Å². The van der Waals surface area contributed by atoms with E-state index in [4.69, 9.17) is 14.5 Å².